The van der Waals surface area contributed by atoms with Crippen molar-refractivity contribution in [1.82, 2.24) is 0 Å². The first-order valence-corrected chi connectivity index (χ1v) is 58.4. The van der Waals surface area contributed by atoms with Crippen LogP contribution >= 0.6 is 11.8 Å². The summed E-state index contributed by atoms with van der Waals surface area (Å²) in [6.45, 7) is 44.3. The fourth-order valence-corrected chi connectivity index (χ4v) is 20.2. The number of rotatable bonds is 54. The van der Waals surface area contributed by atoms with E-state index in [0.29, 0.717) is 12.8 Å². The number of unbranched alkanes of at least 4 members (excludes halogenated alkanes) is 32. The third-order valence-electron chi connectivity index (χ3n) is 16.2. The molecule has 10 atom stereocenters. The van der Waals surface area contributed by atoms with Gasteiger partial charge < -0.3 is 45.5 Å². The molecule has 0 aromatic rings. The van der Waals surface area contributed by atoms with Gasteiger partial charge >= 0.3 is 11.9 Å². The molecule has 0 bridgehead atoms. The van der Waals surface area contributed by atoms with Crippen molar-refractivity contribution >= 4 is 73.6 Å². The van der Waals surface area contributed by atoms with Gasteiger partial charge in [0.25, 0.3) is 0 Å². The van der Waals surface area contributed by atoms with Crippen LogP contribution in [0.3, 0.4) is 0 Å². The normalized spacial score (nSPS) is 23.3. The lowest BCUT2D eigenvalue weighted by molar-refractivity contribution is -0.205. The van der Waals surface area contributed by atoms with Crippen LogP contribution in [0.1, 0.15) is 245 Å². The molecule has 2 fully saturated rings. The summed E-state index contributed by atoms with van der Waals surface area (Å²) in [5.74, 6) is -0.426. The molecule has 0 N–H and O–H groups in total. The van der Waals surface area contributed by atoms with E-state index in [1.807, 2.05) is 0 Å². The Kier molecular flexibility index (Phi) is 43.8. The van der Waals surface area contributed by atoms with Gasteiger partial charge in [0.15, 0.2) is 49.9 Å². The first kappa shape index (κ1) is 85.4. The molecule has 2 aliphatic heterocycles. The van der Waals surface area contributed by atoms with E-state index >= 15 is 0 Å². The highest BCUT2D eigenvalue weighted by Crippen LogP contribution is 2.45. The van der Waals surface area contributed by atoms with Crippen molar-refractivity contribution in [3.8, 4) is 0 Å². The molecule has 12 nitrogen and oxygen atoms in total. The molecule has 2 rings (SSSR count). The SMILES string of the molecule is CCCCCCCCCCCCCCCCCCCC(=O)OC[C@H]1O[C@H](S[C@H]2O[C@H](COC(=O)CCCCCCCCCCCCCCCCCCC)[C@@H](O[Si](C)(C)C)[C@H](O[Si](C)(C)C)[C@H]2O[Si](C)(C)C)[C@H](O[Si](C)(C)C)[C@@H](O[Si](C)(C)C)[C@@H]1O[Si](C)(C)C. The second-order valence-electron chi connectivity index (χ2n) is 32.6. The average molecular weight is 1380 g/mol. The number of hydrogen-bond acceptors (Lipinski definition) is 13. The molecule has 0 saturated carbocycles. The van der Waals surface area contributed by atoms with Crippen LogP contribution in [-0.4, -0.2) is 135 Å². The molecule has 2 aliphatic rings. The highest BCUT2D eigenvalue weighted by atomic mass is 32.2. The van der Waals surface area contributed by atoms with E-state index in [1.165, 1.54) is 192 Å². The number of ether oxygens (including phenoxy) is 4. The lowest BCUT2D eigenvalue weighted by atomic mass is 10.00. The van der Waals surface area contributed by atoms with Gasteiger partial charge in [-0.15, -0.1) is 0 Å². The molecule has 0 aromatic heterocycles. The van der Waals surface area contributed by atoms with Crippen molar-refractivity contribution < 1.29 is 55.1 Å². The highest BCUT2D eigenvalue weighted by Gasteiger charge is 2.57. The van der Waals surface area contributed by atoms with Gasteiger partial charge in [-0.1, -0.05) is 231 Å². The Morgan fingerprint density at radius 3 is 0.685 bits per heavy atom. The summed E-state index contributed by atoms with van der Waals surface area (Å²) in [4.78, 5) is 27.5. The molecule has 89 heavy (non-hydrogen) atoms. The molecule has 0 amide bonds. The van der Waals surface area contributed by atoms with Gasteiger partial charge in [0, 0.05) is 12.8 Å². The monoisotopic (exact) mass is 1380 g/mol. The largest absolute Gasteiger partial charge is 0.463 e. The Hall–Kier alpha value is 0.271. The predicted octanol–water partition coefficient (Wildman–Crippen LogP) is 21.7. The summed E-state index contributed by atoms with van der Waals surface area (Å²) in [5, 5.41) is 0. The fraction of sp³-hybridized carbons (Fsp3) is 0.971. The van der Waals surface area contributed by atoms with Crippen molar-refractivity contribution in [3.63, 3.8) is 0 Å². The van der Waals surface area contributed by atoms with E-state index in [2.05, 4.69) is 132 Å². The fourth-order valence-electron chi connectivity index (χ4n) is 12.1. The molecule has 2 saturated heterocycles. The maximum atomic E-state index is 13.7. The average Bonchev–Trinajstić information content (AvgIpc) is 0.807. The number of carbonyl (C=O) groups is 2. The van der Waals surface area contributed by atoms with E-state index < -0.39 is 110 Å². The Labute approximate surface area is 561 Å². The second-order valence-corrected chi connectivity index (χ2v) is 60.5. The number of esters is 2. The third kappa shape index (κ3) is 43.9. The first-order valence-electron chi connectivity index (χ1n) is 37.1. The van der Waals surface area contributed by atoms with E-state index in [0.717, 1.165) is 38.5 Å². The molecular formula is C70H146O12SSi6. The molecule has 528 valence electrons. The Morgan fingerprint density at radius 2 is 0.472 bits per heavy atom. The van der Waals surface area contributed by atoms with Crippen LogP contribution in [0.4, 0.5) is 0 Å². The second kappa shape index (κ2) is 45.7. The highest BCUT2D eigenvalue weighted by molar-refractivity contribution is 8.00. The molecule has 0 radical (unpaired) electrons. The third-order valence-corrected chi connectivity index (χ3v) is 23.3. The summed E-state index contributed by atoms with van der Waals surface area (Å²) in [5.41, 5.74) is -1.30. The maximum absolute atomic E-state index is 13.7. The van der Waals surface area contributed by atoms with E-state index in [9.17, 15) is 9.59 Å². The standard InChI is InChI=1S/C70H146O12SSi6/c1-21-23-25-27-29-31-33-35-37-39-41-43-45-47-49-51-53-55-61(71)73-57-59-63(77-84(3,4)5)65(79-86(9,10)11)67(81-88(15,16)17)69(75-59)83-70-68(82-89(18,19)20)66(80-87(12,13)14)64(78-85(6,7)8)60(76-70)58-74-62(72)56-54-52-50-48-46-44-42-40-38-36-34-32-30-28-26-24-22-2/h59-60,63-70H,21-58H2,1-20H3/t59-,60-,63-,64-,65+,66+,67-,68-,69-,70-/m1/s1. The van der Waals surface area contributed by atoms with Crippen molar-refractivity contribution in [2.24, 2.45) is 0 Å². The summed E-state index contributed by atoms with van der Waals surface area (Å²) in [7, 11) is -13.7. The van der Waals surface area contributed by atoms with Crippen LogP contribution in [0.5, 0.6) is 0 Å². The zero-order valence-electron chi connectivity index (χ0n) is 62.0. The van der Waals surface area contributed by atoms with Crippen LogP contribution in [-0.2, 0) is 55.1 Å². The van der Waals surface area contributed by atoms with Crippen molar-refractivity contribution in [2.45, 2.75) is 423 Å². The van der Waals surface area contributed by atoms with Crippen LogP contribution in [0, 0.1) is 0 Å². The van der Waals surface area contributed by atoms with Crippen LogP contribution in [0.2, 0.25) is 118 Å². The van der Waals surface area contributed by atoms with Crippen molar-refractivity contribution in [1.29, 1.82) is 0 Å². The van der Waals surface area contributed by atoms with E-state index in [1.54, 1.807) is 0 Å². The molecule has 19 heteroatoms. The van der Waals surface area contributed by atoms with Gasteiger partial charge in [0.2, 0.25) is 0 Å². The molecule has 0 aliphatic carbocycles. The smallest absolute Gasteiger partial charge is 0.305 e. The van der Waals surface area contributed by atoms with Crippen LogP contribution < -0.4 is 0 Å². The van der Waals surface area contributed by atoms with Crippen LogP contribution in [0.25, 0.3) is 0 Å². The Morgan fingerprint density at radius 1 is 0.281 bits per heavy atom. The first-order chi connectivity index (χ1) is 41.7. The number of carbonyl (C=O) groups excluding carboxylic acids is 2. The minimum Gasteiger partial charge on any atom is -0.463 e. The van der Waals surface area contributed by atoms with Gasteiger partial charge in [0.1, 0.15) is 72.9 Å². The minimum atomic E-state index is -2.32. The van der Waals surface area contributed by atoms with Crippen LogP contribution in [0.15, 0.2) is 0 Å². The van der Waals surface area contributed by atoms with Crippen molar-refractivity contribution in [3.05, 3.63) is 0 Å². The number of thioether (sulfide) groups is 1. The summed E-state index contributed by atoms with van der Waals surface area (Å²) >= 11 is 1.53. The van der Waals surface area contributed by atoms with E-state index in [4.69, 9.17) is 45.5 Å². The molecule has 0 aromatic carbocycles. The summed E-state index contributed by atoms with van der Waals surface area (Å²) in [6, 6.07) is 0. The lowest BCUT2D eigenvalue weighted by Crippen LogP contribution is -2.67. The maximum Gasteiger partial charge on any atom is 0.305 e. The predicted molar refractivity (Wildman–Crippen MR) is 394 cm³/mol. The minimum absolute atomic E-state index is 0.0289. The van der Waals surface area contributed by atoms with E-state index in [-0.39, 0.29) is 25.2 Å². The lowest BCUT2D eigenvalue weighted by Gasteiger charge is -2.53. The van der Waals surface area contributed by atoms with Crippen molar-refractivity contribution in [2.75, 3.05) is 13.2 Å². The molecule has 0 spiro atoms. The molecule has 2 heterocycles. The topological polar surface area (TPSA) is 126 Å². The van der Waals surface area contributed by atoms with Gasteiger partial charge in [-0.25, -0.2) is 0 Å². The number of hydrogen-bond donors (Lipinski definition) is 0. The van der Waals surface area contributed by atoms with Gasteiger partial charge in [-0.3, -0.25) is 9.59 Å². The Balaban J connectivity index is 2.31. The van der Waals surface area contributed by atoms with Gasteiger partial charge in [-0.2, -0.15) is 0 Å². The molecule has 0 unspecified atom stereocenters. The summed E-state index contributed by atoms with van der Waals surface area (Å²) in [6.07, 6.45) is 40.1. The quantitative estimate of drug-likeness (QED) is 0.0326. The Bertz CT molecular complexity index is 1670. The van der Waals surface area contributed by atoms with Gasteiger partial charge in [0.05, 0.1) is 0 Å². The summed E-state index contributed by atoms with van der Waals surface area (Å²) < 4.78 is 70.8. The van der Waals surface area contributed by atoms with Gasteiger partial charge in [-0.05, 0) is 131 Å². The zero-order chi connectivity index (χ0) is 66.6. The zero-order valence-corrected chi connectivity index (χ0v) is 68.8. The molecular weight excluding hydrogens is 1230 g/mol.